The maximum absolute atomic E-state index is 7.41. The molecule has 0 aromatic heterocycles. The van der Waals surface area contributed by atoms with Crippen LogP contribution in [-0.4, -0.2) is 5.84 Å². The van der Waals surface area contributed by atoms with E-state index in [1.807, 2.05) is 13.8 Å². The van der Waals surface area contributed by atoms with Crippen LogP contribution in [0.15, 0.2) is 0 Å². The maximum Gasteiger partial charge on any atom is 0.0965 e. The molecule has 0 aromatic carbocycles. The molecule has 0 saturated heterocycles. The summed E-state index contributed by atoms with van der Waals surface area (Å²) in [4.78, 5) is 0. The smallest absolute Gasteiger partial charge is 0.0965 e. The van der Waals surface area contributed by atoms with E-state index in [-0.39, 0.29) is 5.41 Å². The second-order valence-corrected chi connectivity index (χ2v) is 3.65. The van der Waals surface area contributed by atoms with E-state index in [0.717, 1.165) is 12.8 Å². The van der Waals surface area contributed by atoms with Gasteiger partial charge in [-0.05, 0) is 5.92 Å². The number of nitrogens with two attached hydrogens (primary N) is 1. The Balaban J connectivity index is 4.36. The standard InChI is InChI=1S/C9H20N2/c1-5-7(6-2)9(3,4)8(10)11/h7H,5-6H2,1-4H3,(H3,10,11). The van der Waals surface area contributed by atoms with Crippen LogP contribution in [0.1, 0.15) is 40.5 Å². The summed E-state index contributed by atoms with van der Waals surface area (Å²) in [6, 6.07) is 0. The number of amidine groups is 1. The Bertz CT molecular complexity index is 134. The summed E-state index contributed by atoms with van der Waals surface area (Å²) in [5.74, 6) is 0.853. The van der Waals surface area contributed by atoms with Crippen molar-refractivity contribution in [3.8, 4) is 0 Å². The molecular weight excluding hydrogens is 136 g/mol. The number of hydrogen-bond acceptors (Lipinski definition) is 1. The lowest BCUT2D eigenvalue weighted by atomic mass is 9.75. The van der Waals surface area contributed by atoms with Gasteiger partial charge in [0.2, 0.25) is 0 Å². The average Bonchev–Trinajstić information content (AvgIpc) is 1.89. The van der Waals surface area contributed by atoms with Crippen molar-refractivity contribution in [2.24, 2.45) is 17.1 Å². The highest BCUT2D eigenvalue weighted by Crippen LogP contribution is 2.31. The van der Waals surface area contributed by atoms with Crippen molar-refractivity contribution in [1.29, 1.82) is 5.41 Å². The fraction of sp³-hybridized carbons (Fsp3) is 0.889. The second kappa shape index (κ2) is 3.74. The Hall–Kier alpha value is -0.530. The van der Waals surface area contributed by atoms with Crippen LogP contribution in [0.5, 0.6) is 0 Å². The van der Waals surface area contributed by atoms with Gasteiger partial charge in [-0.15, -0.1) is 0 Å². The highest BCUT2D eigenvalue weighted by molar-refractivity contribution is 5.83. The molecule has 0 unspecified atom stereocenters. The van der Waals surface area contributed by atoms with Crippen LogP contribution in [0.3, 0.4) is 0 Å². The zero-order chi connectivity index (χ0) is 9.07. The number of rotatable bonds is 4. The van der Waals surface area contributed by atoms with E-state index >= 15 is 0 Å². The predicted octanol–water partition coefficient (Wildman–Crippen LogP) is 2.38. The maximum atomic E-state index is 7.41. The van der Waals surface area contributed by atoms with Crippen molar-refractivity contribution >= 4 is 5.84 Å². The van der Waals surface area contributed by atoms with Gasteiger partial charge in [0, 0.05) is 5.41 Å². The summed E-state index contributed by atoms with van der Waals surface area (Å²) in [7, 11) is 0. The lowest BCUT2D eigenvalue weighted by Gasteiger charge is -2.31. The molecule has 66 valence electrons. The Morgan fingerprint density at radius 1 is 1.36 bits per heavy atom. The number of nitrogens with one attached hydrogen (secondary N) is 1. The molecule has 0 rings (SSSR count). The molecular formula is C9H20N2. The second-order valence-electron chi connectivity index (χ2n) is 3.65. The first-order valence-electron chi connectivity index (χ1n) is 4.31. The summed E-state index contributed by atoms with van der Waals surface area (Å²) in [6.45, 7) is 8.40. The van der Waals surface area contributed by atoms with Gasteiger partial charge in [0.1, 0.15) is 0 Å². The first kappa shape index (κ1) is 10.5. The molecule has 2 heteroatoms. The van der Waals surface area contributed by atoms with E-state index in [1.165, 1.54) is 0 Å². The lowest BCUT2D eigenvalue weighted by Crippen LogP contribution is -2.37. The lowest BCUT2D eigenvalue weighted by molar-refractivity contribution is 0.288. The van der Waals surface area contributed by atoms with Gasteiger partial charge in [-0.25, -0.2) is 0 Å². The van der Waals surface area contributed by atoms with E-state index < -0.39 is 0 Å². The van der Waals surface area contributed by atoms with Crippen LogP contribution in [0.2, 0.25) is 0 Å². The molecule has 0 aliphatic heterocycles. The first-order chi connectivity index (χ1) is 4.96. The largest absolute Gasteiger partial charge is 0.387 e. The van der Waals surface area contributed by atoms with Crippen molar-refractivity contribution < 1.29 is 0 Å². The normalized spacial score (nSPS) is 12.1. The minimum Gasteiger partial charge on any atom is -0.387 e. The van der Waals surface area contributed by atoms with Gasteiger partial charge >= 0.3 is 0 Å². The molecule has 3 N–H and O–H groups in total. The molecule has 0 aliphatic carbocycles. The fourth-order valence-corrected chi connectivity index (χ4v) is 1.53. The third-order valence-corrected chi connectivity index (χ3v) is 2.70. The van der Waals surface area contributed by atoms with Crippen molar-refractivity contribution in [2.75, 3.05) is 0 Å². The van der Waals surface area contributed by atoms with Crippen molar-refractivity contribution in [1.82, 2.24) is 0 Å². The van der Waals surface area contributed by atoms with Crippen LogP contribution in [-0.2, 0) is 0 Å². The van der Waals surface area contributed by atoms with Gasteiger partial charge in [0.05, 0.1) is 5.84 Å². The molecule has 2 nitrogen and oxygen atoms in total. The molecule has 0 amide bonds. The third kappa shape index (κ3) is 2.21. The van der Waals surface area contributed by atoms with Crippen LogP contribution < -0.4 is 5.73 Å². The minimum atomic E-state index is -0.122. The summed E-state index contributed by atoms with van der Waals surface area (Å²) in [5, 5.41) is 7.41. The molecule has 0 saturated carbocycles. The zero-order valence-electron chi connectivity index (χ0n) is 8.07. The van der Waals surface area contributed by atoms with Gasteiger partial charge in [-0.3, -0.25) is 5.41 Å². The molecule has 0 spiro atoms. The fourth-order valence-electron chi connectivity index (χ4n) is 1.53. The van der Waals surface area contributed by atoms with Gasteiger partial charge in [0.15, 0.2) is 0 Å². The predicted molar refractivity (Wildman–Crippen MR) is 49.8 cm³/mol. The first-order valence-corrected chi connectivity index (χ1v) is 4.31. The van der Waals surface area contributed by atoms with Crippen molar-refractivity contribution in [2.45, 2.75) is 40.5 Å². The highest BCUT2D eigenvalue weighted by Gasteiger charge is 2.29. The van der Waals surface area contributed by atoms with Gasteiger partial charge in [-0.1, -0.05) is 40.5 Å². The minimum absolute atomic E-state index is 0.122. The molecule has 0 bridgehead atoms. The molecule has 0 fully saturated rings. The monoisotopic (exact) mass is 156 g/mol. The Morgan fingerprint density at radius 3 is 1.82 bits per heavy atom. The summed E-state index contributed by atoms with van der Waals surface area (Å²) < 4.78 is 0. The van der Waals surface area contributed by atoms with Crippen molar-refractivity contribution in [3.05, 3.63) is 0 Å². The number of hydrogen-bond donors (Lipinski definition) is 2. The topological polar surface area (TPSA) is 49.9 Å². The van der Waals surface area contributed by atoms with E-state index in [9.17, 15) is 0 Å². The third-order valence-electron chi connectivity index (χ3n) is 2.70. The van der Waals surface area contributed by atoms with Crippen LogP contribution in [0.4, 0.5) is 0 Å². The molecule has 0 heterocycles. The quantitative estimate of drug-likeness (QED) is 0.476. The Kier molecular flexibility index (Phi) is 3.56. The van der Waals surface area contributed by atoms with Crippen LogP contribution in [0, 0.1) is 16.7 Å². The van der Waals surface area contributed by atoms with Gasteiger partial charge in [0.25, 0.3) is 0 Å². The Labute approximate surface area is 69.7 Å². The zero-order valence-corrected chi connectivity index (χ0v) is 8.07. The average molecular weight is 156 g/mol. The SMILES string of the molecule is CCC(CC)C(C)(C)C(=N)N. The Morgan fingerprint density at radius 2 is 1.73 bits per heavy atom. The molecule has 0 aromatic rings. The molecule has 0 radical (unpaired) electrons. The molecule has 11 heavy (non-hydrogen) atoms. The van der Waals surface area contributed by atoms with Crippen LogP contribution in [0.25, 0.3) is 0 Å². The van der Waals surface area contributed by atoms with Crippen LogP contribution >= 0.6 is 0 Å². The summed E-state index contributed by atoms with van der Waals surface area (Å²) in [6.07, 6.45) is 2.20. The molecule has 0 aliphatic rings. The highest BCUT2D eigenvalue weighted by atomic mass is 14.7. The molecule has 0 atom stereocenters. The van der Waals surface area contributed by atoms with Gasteiger partial charge < -0.3 is 5.73 Å². The summed E-state index contributed by atoms with van der Waals surface area (Å²) in [5.41, 5.74) is 5.38. The van der Waals surface area contributed by atoms with Crippen molar-refractivity contribution in [3.63, 3.8) is 0 Å². The van der Waals surface area contributed by atoms with Gasteiger partial charge in [-0.2, -0.15) is 0 Å². The van der Waals surface area contributed by atoms with E-state index in [4.69, 9.17) is 11.1 Å². The van der Waals surface area contributed by atoms with E-state index in [1.54, 1.807) is 0 Å². The van der Waals surface area contributed by atoms with E-state index in [2.05, 4.69) is 13.8 Å². The summed E-state index contributed by atoms with van der Waals surface area (Å²) >= 11 is 0. The van der Waals surface area contributed by atoms with E-state index in [0.29, 0.717) is 11.8 Å².